The van der Waals surface area contributed by atoms with Crippen LogP contribution in [0.5, 0.6) is 5.75 Å². The summed E-state index contributed by atoms with van der Waals surface area (Å²) in [7, 11) is 1.59. The number of rotatable bonds is 8. The molecule has 0 aliphatic carbocycles. The van der Waals surface area contributed by atoms with Crippen molar-refractivity contribution < 1.29 is 19.0 Å². The first-order chi connectivity index (χ1) is 9.21. The van der Waals surface area contributed by atoms with Crippen LogP contribution in [0, 0.1) is 0 Å². The van der Waals surface area contributed by atoms with Crippen LogP contribution in [0.2, 0.25) is 0 Å². The average Bonchev–Trinajstić information content (AvgIpc) is 2.45. The zero-order chi connectivity index (χ0) is 14.1. The summed E-state index contributed by atoms with van der Waals surface area (Å²) in [6.45, 7) is 5.19. The average molecular weight is 267 g/mol. The van der Waals surface area contributed by atoms with E-state index in [0.29, 0.717) is 25.3 Å². The number of carbonyl (C=O) groups excluding carboxylic acids is 1. The highest BCUT2D eigenvalue weighted by atomic mass is 16.7. The Kier molecular flexibility index (Phi) is 6.92. The first-order valence-electron chi connectivity index (χ1n) is 6.36. The molecule has 1 amide bonds. The van der Waals surface area contributed by atoms with Crippen LogP contribution in [0.4, 0.5) is 0 Å². The number of benzene rings is 1. The van der Waals surface area contributed by atoms with Crippen LogP contribution >= 0.6 is 0 Å². The zero-order valence-corrected chi connectivity index (χ0v) is 11.6. The van der Waals surface area contributed by atoms with E-state index in [4.69, 9.17) is 14.2 Å². The molecule has 0 atom stereocenters. The second kappa shape index (κ2) is 8.50. The first-order valence-corrected chi connectivity index (χ1v) is 6.36. The van der Waals surface area contributed by atoms with Crippen molar-refractivity contribution in [2.24, 2.45) is 0 Å². The van der Waals surface area contributed by atoms with Gasteiger partial charge < -0.3 is 19.5 Å². The lowest BCUT2D eigenvalue weighted by molar-refractivity contribution is -0.131. The number of hydrogen-bond acceptors (Lipinski definition) is 4. The summed E-state index contributed by atoms with van der Waals surface area (Å²) in [4.78, 5) is 11.9. The number of carbonyl (C=O) groups is 1. The van der Waals surface area contributed by atoms with Gasteiger partial charge in [-0.25, -0.2) is 0 Å². The summed E-state index contributed by atoms with van der Waals surface area (Å²) >= 11 is 0. The van der Waals surface area contributed by atoms with Gasteiger partial charge in [0.05, 0.1) is 13.7 Å². The number of nitrogens with one attached hydrogen (secondary N) is 1. The third-order valence-corrected chi connectivity index (χ3v) is 2.49. The summed E-state index contributed by atoms with van der Waals surface area (Å²) in [5.41, 5.74) is 0.576. The van der Waals surface area contributed by atoms with Crippen LogP contribution < -0.4 is 10.1 Å². The van der Waals surface area contributed by atoms with Crippen molar-refractivity contribution in [2.45, 2.75) is 20.1 Å². The summed E-state index contributed by atoms with van der Waals surface area (Å²) in [5.74, 6) is 0.560. The van der Waals surface area contributed by atoms with Gasteiger partial charge in [-0.2, -0.15) is 0 Å². The number of methoxy groups -OCH3 is 1. The molecule has 1 N–H and O–H groups in total. The van der Waals surface area contributed by atoms with Gasteiger partial charge in [-0.15, -0.1) is 0 Å². The molecule has 1 rings (SSSR count). The van der Waals surface area contributed by atoms with Crippen LogP contribution in [-0.4, -0.2) is 39.1 Å². The molecule has 0 saturated heterocycles. The summed E-state index contributed by atoms with van der Waals surface area (Å²) in [6.07, 6.45) is -0.405. The first kappa shape index (κ1) is 15.5. The van der Waals surface area contributed by atoms with Crippen molar-refractivity contribution >= 4 is 5.91 Å². The van der Waals surface area contributed by atoms with Crippen molar-refractivity contribution in [3.8, 4) is 5.75 Å². The molecule has 0 unspecified atom stereocenters. The van der Waals surface area contributed by atoms with Gasteiger partial charge in [0.1, 0.15) is 5.75 Å². The van der Waals surface area contributed by atoms with Gasteiger partial charge in [0.15, 0.2) is 6.29 Å². The second-order valence-corrected chi connectivity index (χ2v) is 3.78. The molecule has 0 heterocycles. The van der Waals surface area contributed by atoms with E-state index in [1.807, 2.05) is 13.8 Å². The Balaban J connectivity index is 2.48. The van der Waals surface area contributed by atoms with Crippen molar-refractivity contribution in [3.05, 3.63) is 29.8 Å². The summed E-state index contributed by atoms with van der Waals surface area (Å²) < 4.78 is 15.7. The van der Waals surface area contributed by atoms with Crippen LogP contribution in [0.1, 0.15) is 24.2 Å². The van der Waals surface area contributed by atoms with E-state index < -0.39 is 6.29 Å². The smallest absolute Gasteiger partial charge is 0.251 e. The van der Waals surface area contributed by atoms with E-state index in [2.05, 4.69) is 5.32 Å². The van der Waals surface area contributed by atoms with Crippen molar-refractivity contribution in [2.75, 3.05) is 26.9 Å². The normalized spacial score (nSPS) is 10.5. The third kappa shape index (κ3) is 5.28. The molecule has 0 aliphatic rings. The maximum absolute atomic E-state index is 11.9. The van der Waals surface area contributed by atoms with Crippen molar-refractivity contribution in [3.63, 3.8) is 0 Å². The Morgan fingerprint density at radius 3 is 2.21 bits per heavy atom. The Labute approximate surface area is 113 Å². The van der Waals surface area contributed by atoms with E-state index in [1.165, 1.54) is 0 Å². The minimum absolute atomic E-state index is 0.160. The fraction of sp³-hybridized carbons (Fsp3) is 0.500. The lowest BCUT2D eigenvalue weighted by Gasteiger charge is -2.17. The Bertz CT molecular complexity index is 372. The molecule has 0 saturated carbocycles. The lowest BCUT2D eigenvalue weighted by atomic mass is 10.2. The van der Waals surface area contributed by atoms with Crippen LogP contribution in [0.3, 0.4) is 0 Å². The molecule has 1 aromatic rings. The van der Waals surface area contributed by atoms with E-state index in [-0.39, 0.29) is 5.91 Å². The fourth-order valence-electron chi connectivity index (χ4n) is 1.56. The maximum Gasteiger partial charge on any atom is 0.251 e. The minimum Gasteiger partial charge on any atom is -0.497 e. The van der Waals surface area contributed by atoms with Gasteiger partial charge in [0, 0.05) is 18.8 Å². The molecule has 1 aromatic carbocycles. The molecule has 0 spiro atoms. The van der Waals surface area contributed by atoms with Gasteiger partial charge in [0.2, 0.25) is 0 Å². The van der Waals surface area contributed by atoms with E-state index in [1.54, 1.807) is 31.4 Å². The monoisotopic (exact) mass is 267 g/mol. The predicted molar refractivity (Wildman–Crippen MR) is 72.4 cm³/mol. The molecule has 19 heavy (non-hydrogen) atoms. The van der Waals surface area contributed by atoms with Crippen LogP contribution in [-0.2, 0) is 9.47 Å². The number of ether oxygens (including phenoxy) is 3. The quantitative estimate of drug-likeness (QED) is 0.730. The highest BCUT2D eigenvalue weighted by Gasteiger charge is 2.11. The highest BCUT2D eigenvalue weighted by Crippen LogP contribution is 2.11. The summed E-state index contributed by atoms with van der Waals surface area (Å²) in [5, 5.41) is 2.78. The van der Waals surface area contributed by atoms with Crippen LogP contribution in [0.25, 0.3) is 0 Å². The summed E-state index contributed by atoms with van der Waals surface area (Å²) in [6, 6.07) is 6.92. The van der Waals surface area contributed by atoms with Gasteiger partial charge in [-0.05, 0) is 38.1 Å². The van der Waals surface area contributed by atoms with Crippen LogP contribution in [0.15, 0.2) is 24.3 Å². The molecule has 0 aliphatic heterocycles. The Morgan fingerprint density at radius 2 is 1.74 bits per heavy atom. The van der Waals surface area contributed by atoms with Gasteiger partial charge in [-0.1, -0.05) is 0 Å². The lowest BCUT2D eigenvalue weighted by Crippen LogP contribution is -2.35. The number of hydrogen-bond donors (Lipinski definition) is 1. The minimum atomic E-state index is -0.405. The maximum atomic E-state index is 11.9. The molecule has 5 nitrogen and oxygen atoms in total. The molecular weight excluding hydrogens is 246 g/mol. The molecule has 5 heteroatoms. The van der Waals surface area contributed by atoms with E-state index in [0.717, 1.165) is 5.75 Å². The Hall–Kier alpha value is -1.59. The molecule has 0 bridgehead atoms. The zero-order valence-electron chi connectivity index (χ0n) is 11.6. The molecule has 0 fully saturated rings. The Morgan fingerprint density at radius 1 is 1.16 bits per heavy atom. The van der Waals surface area contributed by atoms with Gasteiger partial charge in [0.25, 0.3) is 5.91 Å². The van der Waals surface area contributed by atoms with Crippen molar-refractivity contribution in [1.82, 2.24) is 5.32 Å². The van der Waals surface area contributed by atoms with Gasteiger partial charge >= 0.3 is 0 Å². The third-order valence-electron chi connectivity index (χ3n) is 2.49. The standard InChI is InChI=1S/C14H21NO4/c1-4-18-13(19-5-2)10-15-14(16)11-6-8-12(17-3)9-7-11/h6-9,13H,4-5,10H2,1-3H3,(H,15,16). The van der Waals surface area contributed by atoms with E-state index in [9.17, 15) is 4.79 Å². The second-order valence-electron chi connectivity index (χ2n) is 3.78. The van der Waals surface area contributed by atoms with E-state index >= 15 is 0 Å². The SMILES string of the molecule is CCOC(CNC(=O)c1ccc(OC)cc1)OCC. The highest BCUT2D eigenvalue weighted by molar-refractivity contribution is 5.94. The molecule has 0 aromatic heterocycles. The van der Waals surface area contributed by atoms with Gasteiger partial charge in [-0.3, -0.25) is 4.79 Å². The van der Waals surface area contributed by atoms with Crippen molar-refractivity contribution in [1.29, 1.82) is 0 Å². The number of amides is 1. The largest absolute Gasteiger partial charge is 0.497 e. The predicted octanol–water partition coefficient (Wildman–Crippen LogP) is 1.82. The topological polar surface area (TPSA) is 56.8 Å². The molecular formula is C14H21NO4. The fourth-order valence-corrected chi connectivity index (χ4v) is 1.56. The molecule has 106 valence electrons. The molecule has 0 radical (unpaired) electrons.